The Kier molecular flexibility index (Phi) is 5.68. The fraction of sp³-hybridized carbons (Fsp3) is 0.333. The minimum absolute atomic E-state index is 0.0503. The molecule has 1 heterocycles. The van der Waals surface area contributed by atoms with Crippen LogP contribution in [0.2, 0.25) is 0 Å². The van der Waals surface area contributed by atoms with E-state index in [2.05, 4.69) is 22.8 Å². The Morgan fingerprint density at radius 1 is 1.08 bits per heavy atom. The highest BCUT2D eigenvalue weighted by molar-refractivity contribution is 5.85. The van der Waals surface area contributed by atoms with E-state index >= 15 is 0 Å². The molecular formula is C21H25N3O2. The SMILES string of the molecule is C[C@H](N[C@@H]1C(=O)NC[C@H](c2ccccc2)C[C@@H]1c1ccccc1)C(N)=O. The first-order chi connectivity index (χ1) is 12.6. The number of primary amides is 1. The molecule has 4 atom stereocenters. The molecule has 0 saturated carbocycles. The number of amides is 2. The van der Waals surface area contributed by atoms with Crippen LogP contribution in [-0.2, 0) is 9.59 Å². The van der Waals surface area contributed by atoms with E-state index in [0.717, 1.165) is 12.0 Å². The molecule has 0 bridgehead atoms. The van der Waals surface area contributed by atoms with E-state index in [9.17, 15) is 9.59 Å². The number of nitrogens with two attached hydrogens (primary N) is 1. The van der Waals surface area contributed by atoms with E-state index in [-0.39, 0.29) is 17.7 Å². The monoisotopic (exact) mass is 351 g/mol. The third-order valence-corrected chi connectivity index (χ3v) is 5.10. The zero-order valence-electron chi connectivity index (χ0n) is 14.9. The van der Waals surface area contributed by atoms with Crippen LogP contribution < -0.4 is 16.4 Å². The summed E-state index contributed by atoms with van der Waals surface area (Å²) >= 11 is 0. The summed E-state index contributed by atoms with van der Waals surface area (Å²) in [5.41, 5.74) is 7.70. The van der Waals surface area contributed by atoms with Gasteiger partial charge in [-0.3, -0.25) is 14.9 Å². The van der Waals surface area contributed by atoms with Gasteiger partial charge < -0.3 is 11.1 Å². The molecule has 4 N–H and O–H groups in total. The third kappa shape index (κ3) is 4.11. The number of hydrogen-bond acceptors (Lipinski definition) is 3. The minimum atomic E-state index is -0.578. The molecule has 1 saturated heterocycles. The van der Waals surface area contributed by atoms with Crippen LogP contribution >= 0.6 is 0 Å². The van der Waals surface area contributed by atoms with Gasteiger partial charge in [-0.25, -0.2) is 0 Å². The second-order valence-electron chi connectivity index (χ2n) is 6.87. The molecule has 5 nitrogen and oxygen atoms in total. The average molecular weight is 351 g/mol. The molecule has 0 aromatic heterocycles. The quantitative estimate of drug-likeness (QED) is 0.769. The number of carbonyl (C=O) groups excluding carboxylic acids is 2. The van der Waals surface area contributed by atoms with Gasteiger partial charge in [0.25, 0.3) is 0 Å². The molecule has 0 radical (unpaired) electrons. The van der Waals surface area contributed by atoms with Crippen LogP contribution in [0.25, 0.3) is 0 Å². The topological polar surface area (TPSA) is 84.2 Å². The molecular weight excluding hydrogens is 326 g/mol. The second kappa shape index (κ2) is 8.15. The molecule has 3 rings (SSSR count). The molecule has 1 aliphatic rings. The number of nitrogens with one attached hydrogen (secondary N) is 2. The van der Waals surface area contributed by atoms with E-state index < -0.39 is 18.0 Å². The van der Waals surface area contributed by atoms with Gasteiger partial charge in [-0.2, -0.15) is 0 Å². The zero-order chi connectivity index (χ0) is 18.5. The minimum Gasteiger partial charge on any atom is -0.368 e. The molecule has 136 valence electrons. The van der Waals surface area contributed by atoms with Gasteiger partial charge in [-0.05, 0) is 24.5 Å². The summed E-state index contributed by atoms with van der Waals surface area (Å²) in [4.78, 5) is 24.3. The average Bonchev–Trinajstić information content (AvgIpc) is 2.83. The van der Waals surface area contributed by atoms with Crippen molar-refractivity contribution >= 4 is 11.8 Å². The molecule has 2 aromatic carbocycles. The van der Waals surface area contributed by atoms with Gasteiger partial charge in [0.05, 0.1) is 12.1 Å². The van der Waals surface area contributed by atoms with E-state index in [4.69, 9.17) is 5.73 Å². The van der Waals surface area contributed by atoms with E-state index in [1.807, 2.05) is 48.5 Å². The molecule has 26 heavy (non-hydrogen) atoms. The number of benzene rings is 2. The van der Waals surface area contributed by atoms with Crippen LogP contribution in [0.5, 0.6) is 0 Å². The Bertz CT molecular complexity index is 748. The van der Waals surface area contributed by atoms with Crippen LogP contribution in [-0.4, -0.2) is 30.4 Å². The first kappa shape index (κ1) is 18.1. The highest BCUT2D eigenvalue weighted by Gasteiger charge is 2.36. The summed E-state index contributed by atoms with van der Waals surface area (Å²) in [7, 11) is 0. The fourth-order valence-electron chi connectivity index (χ4n) is 3.59. The lowest BCUT2D eigenvalue weighted by Crippen LogP contribution is -2.53. The normalized spacial score (nSPS) is 24.3. The van der Waals surface area contributed by atoms with E-state index in [1.54, 1.807) is 6.92 Å². The number of carbonyl (C=O) groups is 2. The molecule has 5 heteroatoms. The maximum Gasteiger partial charge on any atom is 0.237 e. The lowest BCUT2D eigenvalue weighted by atomic mass is 9.82. The van der Waals surface area contributed by atoms with Crippen molar-refractivity contribution in [3.05, 3.63) is 71.8 Å². The summed E-state index contributed by atoms with van der Waals surface area (Å²) in [6, 6.07) is 19.1. The molecule has 1 aliphatic heterocycles. The molecule has 0 spiro atoms. The van der Waals surface area contributed by atoms with Crippen LogP contribution in [0.3, 0.4) is 0 Å². The van der Waals surface area contributed by atoms with Crippen LogP contribution in [0, 0.1) is 0 Å². The summed E-state index contributed by atoms with van der Waals surface area (Å²) in [6.45, 7) is 2.27. The van der Waals surface area contributed by atoms with Gasteiger partial charge in [0.15, 0.2) is 0 Å². The second-order valence-corrected chi connectivity index (χ2v) is 6.87. The predicted molar refractivity (Wildman–Crippen MR) is 102 cm³/mol. The first-order valence-corrected chi connectivity index (χ1v) is 8.99. The lowest BCUT2D eigenvalue weighted by molar-refractivity contribution is -0.124. The van der Waals surface area contributed by atoms with Gasteiger partial charge in [0, 0.05) is 18.4 Å². The molecule has 2 aromatic rings. The predicted octanol–water partition coefficient (Wildman–Crippen LogP) is 1.91. The van der Waals surface area contributed by atoms with Crippen molar-refractivity contribution in [2.75, 3.05) is 6.54 Å². The van der Waals surface area contributed by atoms with Crippen molar-refractivity contribution in [1.82, 2.24) is 10.6 Å². The molecule has 0 unspecified atom stereocenters. The maximum atomic E-state index is 12.8. The van der Waals surface area contributed by atoms with E-state index in [0.29, 0.717) is 6.54 Å². The van der Waals surface area contributed by atoms with E-state index in [1.165, 1.54) is 5.56 Å². The summed E-state index contributed by atoms with van der Waals surface area (Å²) < 4.78 is 0. The Morgan fingerprint density at radius 2 is 1.65 bits per heavy atom. The number of hydrogen-bond donors (Lipinski definition) is 3. The standard InChI is InChI=1S/C21H25N3O2/c1-14(20(22)25)24-19-18(16-10-6-3-7-11-16)12-17(13-23-21(19)26)15-8-4-2-5-9-15/h2-11,14,17-19,24H,12-13H2,1H3,(H2,22,25)(H,23,26)/t14-,17+,18+,19-/m0/s1. The van der Waals surface area contributed by atoms with Crippen molar-refractivity contribution < 1.29 is 9.59 Å². The van der Waals surface area contributed by atoms with Crippen molar-refractivity contribution in [2.24, 2.45) is 5.73 Å². The first-order valence-electron chi connectivity index (χ1n) is 8.99. The van der Waals surface area contributed by atoms with Crippen LogP contribution in [0.4, 0.5) is 0 Å². The highest BCUT2D eigenvalue weighted by atomic mass is 16.2. The van der Waals surface area contributed by atoms with Gasteiger partial charge >= 0.3 is 0 Å². The van der Waals surface area contributed by atoms with Crippen molar-refractivity contribution in [3.8, 4) is 0 Å². The van der Waals surface area contributed by atoms with Crippen molar-refractivity contribution in [1.29, 1.82) is 0 Å². The van der Waals surface area contributed by atoms with Gasteiger partial charge in [0.2, 0.25) is 11.8 Å². The van der Waals surface area contributed by atoms with Crippen molar-refractivity contribution in [2.45, 2.75) is 37.3 Å². The summed E-state index contributed by atoms with van der Waals surface area (Å²) in [6.07, 6.45) is 0.802. The molecule has 1 fully saturated rings. The maximum absolute atomic E-state index is 12.8. The lowest BCUT2D eigenvalue weighted by Gasteiger charge is -2.28. The zero-order valence-corrected chi connectivity index (χ0v) is 14.9. The van der Waals surface area contributed by atoms with Gasteiger partial charge in [-0.1, -0.05) is 60.7 Å². The third-order valence-electron chi connectivity index (χ3n) is 5.10. The van der Waals surface area contributed by atoms with Crippen molar-refractivity contribution in [3.63, 3.8) is 0 Å². The molecule has 2 amide bonds. The summed E-state index contributed by atoms with van der Waals surface area (Å²) in [5.74, 6) is -0.398. The van der Waals surface area contributed by atoms with Crippen LogP contribution in [0.15, 0.2) is 60.7 Å². The Morgan fingerprint density at radius 3 is 2.23 bits per heavy atom. The molecule has 0 aliphatic carbocycles. The largest absolute Gasteiger partial charge is 0.368 e. The fourth-order valence-corrected chi connectivity index (χ4v) is 3.59. The van der Waals surface area contributed by atoms with Gasteiger partial charge in [0.1, 0.15) is 0 Å². The Labute approximate surface area is 154 Å². The summed E-state index contributed by atoms with van der Waals surface area (Å²) in [5, 5.41) is 6.18. The Hall–Kier alpha value is -2.66. The smallest absolute Gasteiger partial charge is 0.237 e. The Balaban J connectivity index is 1.94. The van der Waals surface area contributed by atoms with Crippen LogP contribution in [0.1, 0.15) is 36.3 Å². The number of rotatable bonds is 5. The highest BCUT2D eigenvalue weighted by Crippen LogP contribution is 2.34. The van der Waals surface area contributed by atoms with Gasteiger partial charge in [-0.15, -0.1) is 0 Å².